The third-order valence-corrected chi connectivity index (χ3v) is 4.60. The Kier molecular flexibility index (Phi) is 7.25. The molecule has 0 spiro atoms. The van der Waals surface area contributed by atoms with Gasteiger partial charge in [-0.05, 0) is 44.0 Å². The van der Waals surface area contributed by atoms with Gasteiger partial charge in [0.25, 0.3) is 0 Å². The van der Waals surface area contributed by atoms with Crippen LogP contribution in [0.3, 0.4) is 0 Å². The second-order valence-corrected chi connectivity index (χ2v) is 7.23. The van der Waals surface area contributed by atoms with E-state index in [1.165, 1.54) is 0 Å². The van der Waals surface area contributed by atoms with Crippen molar-refractivity contribution < 1.29 is 14.3 Å². The first-order valence-electron chi connectivity index (χ1n) is 9.90. The molecule has 1 amide bonds. The molecule has 2 atom stereocenters. The van der Waals surface area contributed by atoms with Gasteiger partial charge in [-0.1, -0.05) is 24.3 Å². The van der Waals surface area contributed by atoms with Crippen molar-refractivity contribution in [1.29, 1.82) is 0 Å². The molecule has 1 fully saturated rings. The molecule has 3 rings (SSSR count). The molecular weight excluding hydrogens is 354 g/mol. The largest absolute Gasteiger partial charge is 0.494 e. The lowest BCUT2D eigenvalue weighted by molar-refractivity contribution is -0.121. The number of rotatable bonds is 8. The van der Waals surface area contributed by atoms with E-state index in [4.69, 9.17) is 9.47 Å². The lowest BCUT2D eigenvalue weighted by Gasteiger charge is -2.36. The molecule has 6 nitrogen and oxygen atoms in total. The number of carbonyl (C=O) groups is 1. The van der Waals surface area contributed by atoms with Gasteiger partial charge in [0.15, 0.2) is 0 Å². The Morgan fingerprint density at radius 3 is 2.61 bits per heavy atom. The Hall–Kier alpha value is -2.60. The number of hydrogen-bond acceptors (Lipinski definition) is 5. The molecule has 0 saturated carbocycles. The summed E-state index contributed by atoms with van der Waals surface area (Å²) >= 11 is 0. The minimum Gasteiger partial charge on any atom is -0.494 e. The van der Waals surface area contributed by atoms with Gasteiger partial charge in [-0.25, -0.2) is 4.98 Å². The highest BCUT2D eigenvalue weighted by molar-refractivity contribution is 5.75. The molecule has 0 bridgehead atoms. The number of nitrogens with one attached hydrogen (secondary N) is 1. The summed E-state index contributed by atoms with van der Waals surface area (Å²) in [5.41, 5.74) is 0.993. The Balaban J connectivity index is 1.36. The van der Waals surface area contributed by atoms with E-state index in [0.717, 1.165) is 30.2 Å². The molecule has 0 radical (unpaired) electrons. The number of morpholine rings is 1. The third-order valence-electron chi connectivity index (χ3n) is 4.60. The van der Waals surface area contributed by atoms with Crippen molar-refractivity contribution in [1.82, 2.24) is 10.3 Å². The Labute approximate surface area is 166 Å². The van der Waals surface area contributed by atoms with Crippen LogP contribution in [-0.4, -0.2) is 42.8 Å². The zero-order valence-corrected chi connectivity index (χ0v) is 16.6. The standard InChI is InChI=1S/C22H29N3O3/c1-17-15-25(16-18(2)28-17)21-11-10-19(13-23-21)14-24-22(26)9-6-12-27-20-7-4-3-5-8-20/h3-5,7-8,10-11,13,17-18H,6,9,12,14-16H2,1-2H3,(H,24,26). The minimum absolute atomic E-state index is 0.0246. The van der Waals surface area contributed by atoms with Gasteiger partial charge < -0.3 is 19.7 Å². The summed E-state index contributed by atoms with van der Waals surface area (Å²) in [4.78, 5) is 18.8. The first kappa shape index (κ1) is 20.1. The predicted octanol–water partition coefficient (Wildman–Crippen LogP) is 3.17. The van der Waals surface area contributed by atoms with E-state index in [0.29, 0.717) is 26.0 Å². The van der Waals surface area contributed by atoms with E-state index in [-0.39, 0.29) is 18.1 Å². The molecule has 2 aromatic rings. The van der Waals surface area contributed by atoms with Crippen molar-refractivity contribution in [2.45, 2.75) is 45.4 Å². The molecule has 2 unspecified atom stereocenters. The molecule has 1 N–H and O–H groups in total. The zero-order chi connectivity index (χ0) is 19.8. The van der Waals surface area contributed by atoms with Crippen molar-refractivity contribution in [3.63, 3.8) is 0 Å². The fourth-order valence-corrected chi connectivity index (χ4v) is 3.30. The Morgan fingerprint density at radius 1 is 1.18 bits per heavy atom. The van der Waals surface area contributed by atoms with Crippen molar-refractivity contribution in [2.75, 3.05) is 24.6 Å². The highest BCUT2D eigenvalue weighted by Gasteiger charge is 2.22. The number of nitrogens with zero attached hydrogens (tertiary/aromatic N) is 2. The summed E-state index contributed by atoms with van der Waals surface area (Å²) in [6.45, 7) is 6.87. The summed E-state index contributed by atoms with van der Waals surface area (Å²) in [7, 11) is 0. The fourth-order valence-electron chi connectivity index (χ4n) is 3.30. The molecule has 150 valence electrons. The van der Waals surface area contributed by atoms with E-state index in [1.807, 2.05) is 48.7 Å². The topological polar surface area (TPSA) is 63.7 Å². The summed E-state index contributed by atoms with van der Waals surface area (Å²) < 4.78 is 11.4. The van der Waals surface area contributed by atoms with Crippen molar-refractivity contribution in [3.8, 4) is 5.75 Å². The predicted molar refractivity (Wildman–Crippen MR) is 109 cm³/mol. The number of para-hydroxylation sites is 1. The van der Waals surface area contributed by atoms with Crippen LogP contribution in [-0.2, 0) is 16.1 Å². The van der Waals surface area contributed by atoms with E-state index in [2.05, 4.69) is 29.0 Å². The number of pyridine rings is 1. The number of aromatic nitrogens is 1. The van der Waals surface area contributed by atoms with Crippen molar-refractivity contribution in [3.05, 3.63) is 54.2 Å². The average Bonchev–Trinajstić information content (AvgIpc) is 2.70. The number of benzene rings is 1. The van der Waals surface area contributed by atoms with Crippen LogP contribution in [0.2, 0.25) is 0 Å². The van der Waals surface area contributed by atoms with Crippen LogP contribution in [0.25, 0.3) is 0 Å². The maximum Gasteiger partial charge on any atom is 0.220 e. The number of anilines is 1. The number of ether oxygens (including phenoxy) is 2. The van der Waals surface area contributed by atoms with Gasteiger partial charge in [-0.3, -0.25) is 4.79 Å². The molecule has 1 aliphatic rings. The maximum atomic E-state index is 12.0. The SMILES string of the molecule is CC1CN(c2ccc(CNC(=O)CCCOc3ccccc3)cn2)CC(C)O1. The van der Waals surface area contributed by atoms with Crippen LogP contribution in [0.15, 0.2) is 48.7 Å². The van der Waals surface area contributed by atoms with Gasteiger partial charge in [0.1, 0.15) is 11.6 Å². The minimum atomic E-state index is 0.0246. The summed E-state index contributed by atoms with van der Waals surface area (Å²) in [6, 6.07) is 13.7. The monoisotopic (exact) mass is 383 g/mol. The van der Waals surface area contributed by atoms with Crippen molar-refractivity contribution >= 4 is 11.7 Å². The Bertz CT molecular complexity index is 726. The van der Waals surface area contributed by atoms with E-state index in [1.54, 1.807) is 0 Å². The van der Waals surface area contributed by atoms with Gasteiger partial charge in [-0.15, -0.1) is 0 Å². The molecule has 0 aliphatic carbocycles. The average molecular weight is 383 g/mol. The second-order valence-electron chi connectivity index (χ2n) is 7.23. The van der Waals surface area contributed by atoms with E-state index >= 15 is 0 Å². The fraction of sp³-hybridized carbons (Fsp3) is 0.455. The van der Waals surface area contributed by atoms with E-state index in [9.17, 15) is 4.79 Å². The lowest BCUT2D eigenvalue weighted by atomic mass is 10.2. The first-order valence-corrected chi connectivity index (χ1v) is 9.90. The lowest BCUT2D eigenvalue weighted by Crippen LogP contribution is -2.45. The second kappa shape index (κ2) is 10.1. The molecule has 1 aromatic heterocycles. The van der Waals surface area contributed by atoms with Gasteiger partial charge >= 0.3 is 0 Å². The summed E-state index contributed by atoms with van der Waals surface area (Å²) in [5.74, 6) is 1.81. The van der Waals surface area contributed by atoms with Crippen LogP contribution in [0, 0.1) is 0 Å². The molecule has 1 saturated heterocycles. The van der Waals surface area contributed by atoms with Gasteiger partial charge in [0.2, 0.25) is 5.91 Å². The molecule has 6 heteroatoms. The van der Waals surface area contributed by atoms with Crippen LogP contribution in [0.5, 0.6) is 5.75 Å². The summed E-state index contributed by atoms with van der Waals surface area (Å²) in [6.07, 6.45) is 3.37. The van der Waals surface area contributed by atoms with Gasteiger partial charge in [-0.2, -0.15) is 0 Å². The van der Waals surface area contributed by atoms with Crippen LogP contribution in [0.1, 0.15) is 32.3 Å². The third kappa shape index (κ3) is 6.23. The number of carbonyl (C=O) groups excluding carboxylic acids is 1. The van der Waals surface area contributed by atoms with Gasteiger partial charge in [0.05, 0.1) is 18.8 Å². The molecule has 1 aliphatic heterocycles. The van der Waals surface area contributed by atoms with Crippen LogP contribution >= 0.6 is 0 Å². The van der Waals surface area contributed by atoms with Crippen molar-refractivity contribution in [2.24, 2.45) is 0 Å². The smallest absolute Gasteiger partial charge is 0.220 e. The molecule has 1 aromatic carbocycles. The number of amides is 1. The highest BCUT2D eigenvalue weighted by Crippen LogP contribution is 2.18. The molecule has 28 heavy (non-hydrogen) atoms. The molecular formula is C22H29N3O3. The Morgan fingerprint density at radius 2 is 1.93 bits per heavy atom. The maximum absolute atomic E-state index is 12.0. The highest BCUT2D eigenvalue weighted by atomic mass is 16.5. The quantitative estimate of drug-likeness (QED) is 0.710. The molecule has 2 heterocycles. The van der Waals surface area contributed by atoms with Crippen LogP contribution < -0.4 is 15.0 Å². The normalized spacial score (nSPS) is 19.3. The van der Waals surface area contributed by atoms with Gasteiger partial charge in [0, 0.05) is 32.3 Å². The first-order chi connectivity index (χ1) is 13.6. The zero-order valence-electron chi connectivity index (χ0n) is 16.6. The van der Waals surface area contributed by atoms with E-state index < -0.39 is 0 Å². The summed E-state index contributed by atoms with van der Waals surface area (Å²) in [5, 5.41) is 2.94. The number of hydrogen-bond donors (Lipinski definition) is 1. The van der Waals surface area contributed by atoms with Crippen LogP contribution in [0.4, 0.5) is 5.82 Å².